The first-order valence-corrected chi connectivity index (χ1v) is 7.39. The summed E-state index contributed by atoms with van der Waals surface area (Å²) in [5.41, 5.74) is 1.22. The van der Waals surface area contributed by atoms with Crippen LogP contribution < -0.4 is 0 Å². The lowest BCUT2D eigenvalue weighted by Gasteiger charge is -2.21. The lowest BCUT2D eigenvalue weighted by atomic mass is 9.90. The Morgan fingerprint density at radius 3 is 2.35 bits per heavy atom. The molecule has 96 valence electrons. The van der Waals surface area contributed by atoms with Gasteiger partial charge in [-0.15, -0.1) is 0 Å². The van der Waals surface area contributed by atoms with Crippen LogP contribution in [0, 0.1) is 5.92 Å². The van der Waals surface area contributed by atoms with Gasteiger partial charge in [0.1, 0.15) is 0 Å². The Kier molecular flexibility index (Phi) is 6.83. The van der Waals surface area contributed by atoms with E-state index < -0.39 is 0 Å². The summed E-state index contributed by atoms with van der Waals surface area (Å²) in [5.74, 6) is 0.443. The van der Waals surface area contributed by atoms with Gasteiger partial charge in [0.25, 0.3) is 0 Å². The largest absolute Gasteiger partial charge is 0.392 e. The lowest BCUT2D eigenvalue weighted by molar-refractivity contribution is 0.0987. The quantitative estimate of drug-likeness (QED) is 0.782. The molecule has 0 fully saturated rings. The van der Waals surface area contributed by atoms with Crippen LogP contribution in [-0.2, 0) is 6.42 Å². The van der Waals surface area contributed by atoms with Gasteiger partial charge in [-0.1, -0.05) is 61.2 Å². The minimum Gasteiger partial charge on any atom is -0.392 e. The molecule has 1 rings (SSSR count). The van der Waals surface area contributed by atoms with Gasteiger partial charge in [0.2, 0.25) is 0 Å². The van der Waals surface area contributed by atoms with Crippen molar-refractivity contribution in [1.82, 2.24) is 0 Å². The summed E-state index contributed by atoms with van der Waals surface area (Å²) >= 11 is 3.43. The molecule has 1 aromatic carbocycles. The second-order valence-corrected chi connectivity index (χ2v) is 5.62. The molecule has 0 amide bonds. The summed E-state index contributed by atoms with van der Waals surface area (Å²) in [6.07, 6.45) is 5.21. The van der Waals surface area contributed by atoms with Gasteiger partial charge in [-0.05, 0) is 36.5 Å². The molecule has 2 heteroatoms. The van der Waals surface area contributed by atoms with Gasteiger partial charge in [-0.2, -0.15) is 0 Å². The molecular weight excluding hydrogens is 276 g/mol. The summed E-state index contributed by atoms with van der Waals surface area (Å²) in [6.45, 7) is 4.37. The van der Waals surface area contributed by atoms with Crippen LogP contribution in [0.15, 0.2) is 28.7 Å². The normalized spacial score (nSPS) is 14.6. The van der Waals surface area contributed by atoms with Crippen LogP contribution in [0.4, 0.5) is 0 Å². The van der Waals surface area contributed by atoms with Crippen molar-refractivity contribution < 1.29 is 5.11 Å². The molecule has 0 aromatic heterocycles. The first-order valence-electron chi connectivity index (χ1n) is 6.59. The Labute approximate surface area is 113 Å². The molecule has 0 aliphatic heterocycles. The molecule has 2 unspecified atom stereocenters. The summed E-state index contributed by atoms with van der Waals surface area (Å²) in [7, 11) is 0. The number of hydrogen-bond donors (Lipinski definition) is 1. The molecule has 0 saturated heterocycles. The first kappa shape index (κ1) is 14.7. The average Bonchev–Trinajstić information content (AvgIpc) is 2.33. The lowest BCUT2D eigenvalue weighted by Crippen LogP contribution is -2.22. The van der Waals surface area contributed by atoms with E-state index in [4.69, 9.17) is 0 Å². The van der Waals surface area contributed by atoms with Gasteiger partial charge in [0.15, 0.2) is 0 Å². The molecule has 1 N–H and O–H groups in total. The Bertz CT molecular complexity index is 307. The van der Waals surface area contributed by atoms with Crippen molar-refractivity contribution in [2.24, 2.45) is 5.92 Å². The zero-order valence-corrected chi connectivity index (χ0v) is 12.4. The van der Waals surface area contributed by atoms with Crippen molar-refractivity contribution >= 4 is 15.9 Å². The minimum atomic E-state index is -0.201. The number of hydrogen-bond acceptors (Lipinski definition) is 1. The fraction of sp³-hybridized carbons (Fsp3) is 0.600. The van der Waals surface area contributed by atoms with Gasteiger partial charge in [-0.25, -0.2) is 0 Å². The zero-order valence-electron chi connectivity index (χ0n) is 10.8. The predicted octanol–water partition coefficient (Wildman–Crippen LogP) is 4.57. The Morgan fingerprint density at radius 1 is 1.18 bits per heavy atom. The number of rotatable bonds is 7. The minimum absolute atomic E-state index is 0.201. The molecule has 1 nitrogen and oxygen atoms in total. The van der Waals surface area contributed by atoms with Crippen molar-refractivity contribution in [1.29, 1.82) is 0 Å². The number of aliphatic hydroxyl groups excluding tert-OH is 1. The molecule has 0 aliphatic rings. The highest BCUT2D eigenvalue weighted by molar-refractivity contribution is 9.10. The van der Waals surface area contributed by atoms with Crippen molar-refractivity contribution in [3.8, 4) is 0 Å². The molecule has 0 spiro atoms. The number of halogens is 1. The maximum atomic E-state index is 10.2. The third kappa shape index (κ3) is 5.22. The van der Waals surface area contributed by atoms with Gasteiger partial charge < -0.3 is 5.11 Å². The van der Waals surface area contributed by atoms with Crippen LogP contribution in [0.1, 0.15) is 45.1 Å². The highest BCUT2D eigenvalue weighted by Crippen LogP contribution is 2.21. The van der Waals surface area contributed by atoms with Crippen LogP contribution in [0.25, 0.3) is 0 Å². The SMILES string of the molecule is CCCCC(CC)C(O)Cc1ccc(Br)cc1. The molecule has 0 heterocycles. The number of unbranched alkanes of at least 4 members (excludes halogenated alkanes) is 1. The predicted molar refractivity (Wildman–Crippen MR) is 77.2 cm³/mol. The standard InChI is InChI=1S/C15H23BrO/c1-3-5-6-13(4-2)15(17)11-12-7-9-14(16)10-8-12/h7-10,13,15,17H,3-6,11H2,1-2H3. The fourth-order valence-corrected chi connectivity index (χ4v) is 2.43. The van der Waals surface area contributed by atoms with Crippen molar-refractivity contribution in [3.05, 3.63) is 34.3 Å². The van der Waals surface area contributed by atoms with E-state index in [0.29, 0.717) is 5.92 Å². The van der Waals surface area contributed by atoms with E-state index in [-0.39, 0.29) is 6.10 Å². The van der Waals surface area contributed by atoms with E-state index in [0.717, 1.165) is 23.7 Å². The van der Waals surface area contributed by atoms with E-state index in [2.05, 4.69) is 41.9 Å². The van der Waals surface area contributed by atoms with E-state index in [1.807, 2.05) is 12.1 Å². The van der Waals surface area contributed by atoms with Crippen molar-refractivity contribution in [2.75, 3.05) is 0 Å². The van der Waals surface area contributed by atoms with Gasteiger partial charge in [0.05, 0.1) is 6.10 Å². The monoisotopic (exact) mass is 298 g/mol. The summed E-state index contributed by atoms with van der Waals surface area (Å²) in [6, 6.07) is 8.24. The Balaban J connectivity index is 2.51. The van der Waals surface area contributed by atoms with Crippen LogP contribution >= 0.6 is 15.9 Å². The van der Waals surface area contributed by atoms with Crippen molar-refractivity contribution in [2.45, 2.75) is 52.1 Å². The highest BCUT2D eigenvalue weighted by atomic mass is 79.9. The number of aliphatic hydroxyl groups is 1. The van der Waals surface area contributed by atoms with E-state index >= 15 is 0 Å². The third-order valence-electron chi connectivity index (χ3n) is 3.36. The van der Waals surface area contributed by atoms with Crippen LogP contribution in [0.2, 0.25) is 0 Å². The topological polar surface area (TPSA) is 20.2 Å². The maximum absolute atomic E-state index is 10.2. The molecule has 2 atom stereocenters. The fourth-order valence-electron chi connectivity index (χ4n) is 2.16. The molecule has 17 heavy (non-hydrogen) atoms. The van der Waals surface area contributed by atoms with Crippen LogP contribution in [-0.4, -0.2) is 11.2 Å². The van der Waals surface area contributed by atoms with Gasteiger partial charge in [0, 0.05) is 4.47 Å². The third-order valence-corrected chi connectivity index (χ3v) is 3.88. The van der Waals surface area contributed by atoms with Gasteiger partial charge in [-0.3, -0.25) is 0 Å². The Morgan fingerprint density at radius 2 is 1.82 bits per heavy atom. The summed E-state index contributed by atoms with van der Waals surface area (Å²) < 4.78 is 1.09. The second kappa shape index (κ2) is 7.88. The van der Waals surface area contributed by atoms with E-state index in [9.17, 15) is 5.11 Å². The molecule has 0 saturated carbocycles. The number of benzene rings is 1. The average molecular weight is 299 g/mol. The molecule has 1 aromatic rings. The Hall–Kier alpha value is -0.340. The zero-order chi connectivity index (χ0) is 12.7. The van der Waals surface area contributed by atoms with Crippen molar-refractivity contribution in [3.63, 3.8) is 0 Å². The van der Waals surface area contributed by atoms with Gasteiger partial charge >= 0.3 is 0 Å². The van der Waals surface area contributed by atoms with Crippen LogP contribution in [0.3, 0.4) is 0 Å². The smallest absolute Gasteiger partial charge is 0.0608 e. The van der Waals surface area contributed by atoms with E-state index in [1.165, 1.54) is 18.4 Å². The molecule has 0 radical (unpaired) electrons. The molecule has 0 bridgehead atoms. The summed E-state index contributed by atoms with van der Waals surface area (Å²) in [5, 5.41) is 10.2. The maximum Gasteiger partial charge on any atom is 0.0608 e. The van der Waals surface area contributed by atoms with E-state index in [1.54, 1.807) is 0 Å². The molecule has 0 aliphatic carbocycles. The first-order chi connectivity index (χ1) is 8.17. The second-order valence-electron chi connectivity index (χ2n) is 4.71. The molecular formula is C15H23BrO. The highest BCUT2D eigenvalue weighted by Gasteiger charge is 2.17. The van der Waals surface area contributed by atoms with Crippen LogP contribution in [0.5, 0.6) is 0 Å². The summed E-state index contributed by atoms with van der Waals surface area (Å²) in [4.78, 5) is 0.